The number of nitrogens with one attached hydrogen (secondary N) is 1. The highest BCUT2D eigenvalue weighted by molar-refractivity contribution is 6.30. The fraction of sp³-hybridized carbons (Fsp3) is 0.176. The Hall–Kier alpha value is -2.60. The number of methoxy groups -OCH3 is 1. The maximum atomic E-state index is 13.5. The Bertz CT molecular complexity index is 751. The van der Waals surface area contributed by atoms with Gasteiger partial charge in [-0.25, -0.2) is 9.18 Å². The average molecular weight is 352 g/mol. The molecule has 0 unspecified atom stereocenters. The molecule has 2 rings (SSSR count). The van der Waals surface area contributed by atoms with Gasteiger partial charge in [0.15, 0.2) is 6.61 Å². The Balaban J connectivity index is 1.87. The van der Waals surface area contributed by atoms with E-state index in [0.29, 0.717) is 5.75 Å². The molecule has 1 N–H and O–H groups in total. The van der Waals surface area contributed by atoms with Crippen molar-refractivity contribution in [1.29, 1.82) is 0 Å². The monoisotopic (exact) mass is 351 g/mol. The number of hydrogen-bond acceptors (Lipinski definition) is 4. The molecule has 5 nitrogen and oxygen atoms in total. The number of ether oxygens (including phenoxy) is 2. The van der Waals surface area contributed by atoms with Crippen molar-refractivity contribution in [3.05, 3.63) is 64.4 Å². The largest absolute Gasteiger partial charge is 0.496 e. The van der Waals surface area contributed by atoms with Crippen LogP contribution in [0.25, 0.3) is 0 Å². The Labute approximate surface area is 143 Å². The van der Waals surface area contributed by atoms with Gasteiger partial charge in [-0.05, 0) is 24.3 Å². The molecule has 0 atom stereocenters. The van der Waals surface area contributed by atoms with Crippen LogP contribution in [0.15, 0.2) is 42.5 Å². The van der Waals surface area contributed by atoms with Crippen molar-refractivity contribution in [1.82, 2.24) is 5.32 Å². The Morgan fingerprint density at radius 2 is 1.96 bits per heavy atom. The summed E-state index contributed by atoms with van der Waals surface area (Å²) in [6.07, 6.45) is 0. The van der Waals surface area contributed by atoms with Crippen LogP contribution in [0.3, 0.4) is 0 Å². The van der Waals surface area contributed by atoms with E-state index in [2.05, 4.69) is 5.32 Å². The van der Waals surface area contributed by atoms with E-state index >= 15 is 0 Å². The topological polar surface area (TPSA) is 64.6 Å². The van der Waals surface area contributed by atoms with E-state index < -0.39 is 24.3 Å². The molecule has 1 amide bonds. The summed E-state index contributed by atoms with van der Waals surface area (Å²) in [6, 6.07) is 10.7. The van der Waals surface area contributed by atoms with Crippen molar-refractivity contribution < 1.29 is 23.5 Å². The van der Waals surface area contributed by atoms with E-state index in [4.69, 9.17) is 21.1 Å². The summed E-state index contributed by atoms with van der Waals surface area (Å²) < 4.78 is 23.5. The molecule has 0 saturated heterocycles. The van der Waals surface area contributed by atoms with Crippen molar-refractivity contribution in [3.8, 4) is 5.75 Å². The van der Waals surface area contributed by atoms with Gasteiger partial charge < -0.3 is 14.8 Å². The number of hydrogen-bond donors (Lipinski definition) is 1. The highest BCUT2D eigenvalue weighted by Crippen LogP contribution is 2.17. The van der Waals surface area contributed by atoms with Crippen LogP contribution >= 0.6 is 11.6 Å². The summed E-state index contributed by atoms with van der Waals surface area (Å²) in [5.41, 5.74) is 0.459. The quantitative estimate of drug-likeness (QED) is 0.813. The second-order valence-corrected chi connectivity index (χ2v) is 5.23. The fourth-order valence-electron chi connectivity index (χ4n) is 1.96. The van der Waals surface area contributed by atoms with Crippen LogP contribution in [0, 0.1) is 5.82 Å². The molecule has 0 aliphatic heterocycles. The van der Waals surface area contributed by atoms with E-state index in [1.54, 1.807) is 12.1 Å². The second kappa shape index (κ2) is 8.31. The van der Waals surface area contributed by atoms with Gasteiger partial charge in [0.25, 0.3) is 5.91 Å². The molecular formula is C17H15ClFNO4. The minimum atomic E-state index is -0.956. The highest BCUT2D eigenvalue weighted by Gasteiger charge is 2.15. The smallest absolute Gasteiger partial charge is 0.341 e. The fourth-order valence-corrected chi connectivity index (χ4v) is 2.13. The summed E-state index contributed by atoms with van der Waals surface area (Å²) in [6.45, 7) is -0.314. The summed E-state index contributed by atoms with van der Waals surface area (Å²) in [5.74, 6) is -1.60. The first-order chi connectivity index (χ1) is 11.5. The molecule has 24 heavy (non-hydrogen) atoms. The predicted octanol–water partition coefficient (Wildman–Crippen LogP) is 2.96. The minimum Gasteiger partial charge on any atom is -0.496 e. The van der Waals surface area contributed by atoms with Crippen LogP contribution in [0.5, 0.6) is 5.75 Å². The molecule has 0 heterocycles. The van der Waals surface area contributed by atoms with Crippen LogP contribution in [-0.2, 0) is 16.1 Å². The Morgan fingerprint density at radius 1 is 1.21 bits per heavy atom. The van der Waals surface area contributed by atoms with Gasteiger partial charge >= 0.3 is 5.97 Å². The lowest BCUT2D eigenvalue weighted by Gasteiger charge is -2.10. The number of para-hydroxylation sites is 1. The zero-order valence-electron chi connectivity index (χ0n) is 12.8. The van der Waals surface area contributed by atoms with Gasteiger partial charge in [0.2, 0.25) is 0 Å². The maximum absolute atomic E-state index is 13.5. The summed E-state index contributed by atoms with van der Waals surface area (Å²) in [7, 11) is 1.53. The van der Waals surface area contributed by atoms with E-state index in [0.717, 1.165) is 17.7 Å². The number of esters is 1. The third-order valence-corrected chi connectivity index (χ3v) is 3.39. The maximum Gasteiger partial charge on any atom is 0.341 e. The van der Waals surface area contributed by atoms with Crippen molar-refractivity contribution in [2.45, 2.75) is 6.54 Å². The molecular weight excluding hydrogens is 337 g/mol. The van der Waals surface area contributed by atoms with E-state index in [-0.39, 0.29) is 17.1 Å². The average Bonchev–Trinajstić information content (AvgIpc) is 2.60. The van der Waals surface area contributed by atoms with Crippen molar-refractivity contribution in [2.75, 3.05) is 13.7 Å². The zero-order chi connectivity index (χ0) is 17.5. The molecule has 0 aromatic heterocycles. The molecule has 0 bridgehead atoms. The molecule has 0 fully saturated rings. The van der Waals surface area contributed by atoms with Gasteiger partial charge in [0.05, 0.1) is 12.7 Å². The number of benzene rings is 2. The van der Waals surface area contributed by atoms with Crippen LogP contribution in [0.4, 0.5) is 4.39 Å². The van der Waals surface area contributed by atoms with E-state index in [1.165, 1.54) is 13.2 Å². The van der Waals surface area contributed by atoms with Gasteiger partial charge in [-0.1, -0.05) is 29.8 Å². The predicted molar refractivity (Wildman–Crippen MR) is 86.5 cm³/mol. The lowest BCUT2D eigenvalue weighted by molar-refractivity contribution is -0.124. The highest BCUT2D eigenvalue weighted by atomic mass is 35.5. The van der Waals surface area contributed by atoms with Crippen molar-refractivity contribution in [3.63, 3.8) is 0 Å². The standard InChI is InChI=1S/C17H15ClFNO4/c1-23-15-5-3-2-4-11(15)9-20-16(21)10-24-17(22)13-8-12(18)6-7-14(13)19/h2-8H,9-10H2,1H3,(H,20,21). The van der Waals surface area contributed by atoms with Crippen molar-refractivity contribution >= 4 is 23.5 Å². The van der Waals surface area contributed by atoms with Gasteiger partial charge in [-0.2, -0.15) is 0 Å². The lowest BCUT2D eigenvalue weighted by atomic mass is 10.2. The third-order valence-electron chi connectivity index (χ3n) is 3.15. The molecule has 0 aliphatic rings. The van der Waals surface area contributed by atoms with Gasteiger partial charge in [-0.3, -0.25) is 4.79 Å². The van der Waals surface area contributed by atoms with Crippen LogP contribution in [0.1, 0.15) is 15.9 Å². The van der Waals surface area contributed by atoms with Gasteiger partial charge in [0, 0.05) is 17.1 Å². The molecule has 0 aliphatic carbocycles. The number of amides is 1. The van der Waals surface area contributed by atoms with Crippen LogP contribution in [0.2, 0.25) is 5.02 Å². The molecule has 2 aromatic carbocycles. The first-order valence-electron chi connectivity index (χ1n) is 7.02. The normalized spacial score (nSPS) is 10.1. The number of carbonyl (C=O) groups is 2. The van der Waals surface area contributed by atoms with E-state index in [1.807, 2.05) is 12.1 Å². The molecule has 0 saturated carbocycles. The van der Waals surface area contributed by atoms with Crippen LogP contribution < -0.4 is 10.1 Å². The van der Waals surface area contributed by atoms with Gasteiger partial charge in [0.1, 0.15) is 11.6 Å². The Morgan fingerprint density at radius 3 is 2.71 bits per heavy atom. The van der Waals surface area contributed by atoms with Crippen LogP contribution in [-0.4, -0.2) is 25.6 Å². The second-order valence-electron chi connectivity index (χ2n) is 4.79. The SMILES string of the molecule is COc1ccccc1CNC(=O)COC(=O)c1cc(Cl)ccc1F. The summed E-state index contributed by atoms with van der Waals surface area (Å²) in [5, 5.41) is 2.79. The summed E-state index contributed by atoms with van der Waals surface area (Å²) in [4.78, 5) is 23.5. The number of carbonyl (C=O) groups excluding carboxylic acids is 2. The van der Waals surface area contributed by atoms with E-state index in [9.17, 15) is 14.0 Å². The number of rotatable bonds is 6. The molecule has 0 spiro atoms. The number of halogens is 2. The molecule has 7 heteroatoms. The molecule has 0 radical (unpaired) electrons. The minimum absolute atomic E-state index is 0.198. The van der Waals surface area contributed by atoms with Gasteiger partial charge in [-0.15, -0.1) is 0 Å². The summed E-state index contributed by atoms with van der Waals surface area (Å²) >= 11 is 5.70. The van der Waals surface area contributed by atoms with Crippen molar-refractivity contribution in [2.24, 2.45) is 0 Å². The molecule has 126 valence electrons. The molecule has 2 aromatic rings. The first kappa shape index (κ1) is 17.7. The lowest BCUT2D eigenvalue weighted by Crippen LogP contribution is -2.28. The first-order valence-corrected chi connectivity index (χ1v) is 7.40. The zero-order valence-corrected chi connectivity index (χ0v) is 13.6. The third kappa shape index (κ3) is 4.70. The Kier molecular flexibility index (Phi) is 6.14.